The van der Waals surface area contributed by atoms with Gasteiger partial charge in [-0.25, -0.2) is 0 Å². The van der Waals surface area contributed by atoms with E-state index in [1.54, 1.807) is 0 Å². The lowest BCUT2D eigenvalue weighted by atomic mass is 10.0. The summed E-state index contributed by atoms with van der Waals surface area (Å²) in [6.45, 7) is 2.69. The van der Waals surface area contributed by atoms with Crippen LogP contribution in [-0.2, 0) is 6.42 Å². The molecule has 1 heterocycles. The molecule has 1 atom stereocenters. The molecule has 0 saturated carbocycles. The van der Waals surface area contributed by atoms with Gasteiger partial charge in [-0.05, 0) is 23.2 Å². The Morgan fingerprint density at radius 2 is 1.95 bits per heavy atom. The molecule has 2 aromatic carbocycles. The Morgan fingerprint density at radius 3 is 2.80 bits per heavy atom. The number of nitrogens with two attached hydrogens (primary N) is 1. The minimum atomic E-state index is 0.343. The SMILES string of the molecule is CC(CN)Cc1nc(-c2cccc3ccccc23)no1. The average Bonchev–Trinajstić information content (AvgIpc) is 2.94. The van der Waals surface area contributed by atoms with E-state index in [1.807, 2.05) is 24.3 Å². The van der Waals surface area contributed by atoms with E-state index in [0.29, 0.717) is 30.6 Å². The van der Waals surface area contributed by atoms with Crippen molar-refractivity contribution < 1.29 is 4.52 Å². The Balaban J connectivity index is 1.99. The van der Waals surface area contributed by atoms with Gasteiger partial charge in [-0.2, -0.15) is 4.98 Å². The van der Waals surface area contributed by atoms with E-state index in [2.05, 4.69) is 35.3 Å². The lowest BCUT2D eigenvalue weighted by Gasteiger charge is -2.02. The Kier molecular flexibility index (Phi) is 3.48. The first kappa shape index (κ1) is 12.8. The Hall–Kier alpha value is -2.20. The second kappa shape index (κ2) is 5.43. The van der Waals surface area contributed by atoms with Gasteiger partial charge in [0.25, 0.3) is 0 Å². The molecule has 4 heteroatoms. The lowest BCUT2D eigenvalue weighted by Crippen LogP contribution is -2.13. The molecule has 0 bridgehead atoms. The highest BCUT2D eigenvalue weighted by Gasteiger charge is 2.13. The molecule has 1 aromatic heterocycles. The minimum absolute atomic E-state index is 0.343. The summed E-state index contributed by atoms with van der Waals surface area (Å²) in [7, 11) is 0. The zero-order valence-corrected chi connectivity index (χ0v) is 11.4. The van der Waals surface area contributed by atoms with Crippen molar-refractivity contribution in [3.8, 4) is 11.4 Å². The van der Waals surface area contributed by atoms with Crippen LogP contribution in [0.4, 0.5) is 0 Å². The highest BCUT2D eigenvalue weighted by molar-refractivity contribution is 5.94. The number of benzene rings is 2. The van der Waals surface area contributed by atoms with Crippen molar-refractivity contribution in [2.45, 2.75) is 13.3 Å². The van der Waals surface area contributed by atoms with Gasteiger partial charge in [0.15, 0.2) is 0 Å². The molecule has 0 aliphatic rings. The summed E-state index contributed by atoms with van der Waals surface area (Å²) >= 11 is 0. The van der Waals surface area contributed by atoms with E-state index >= 15 is 0 Å². The summed E-state index contributed by atoms with van der Waals surface area (Å²) in [6.07, 6.45) is 0.717. The van der Waals surface area contributed by atoms with E-state index in [9.17, 15) is 0 Å². The van der Waals surface area contributed by atoms with Crippen molar-refractivity contribution in [2.75, 3.05) is 6.54 Å². The summed E-state index contributed by atoms with van der Waals surface area (Å²) < 4.78 is 5.32. The molecule has 4 nitrogen and oxygen atoms in total. The first-order valence-corrected chi connectivity index (χ1v) is 6.78. The molecular weight excluding hydrogens is 250 g/mol. The first-order chi connectivity index (χ1) is 9.78. The van der Waals surface area contributed by atoms with E-state index in [0.717, 1.165) is 10.9 Å². The molecular formula is C16H17N3O. The van der Waals surface area contributed by atoms with Gasteiger partial charge in [0.2, 0.25) is 11.7 Å². The lowest BCUT2D eigenvalue weighted by molar-refractivity contribution is 0.360. The number of rotatable bonds is 4. The van der Waals surface area contributed by atoms with E-state index in [-0.39, 0.29) is 0 Å². The predicted molar refractivity (Wildman–Crippen MR) is 79.2 cm³/mol. The van der Waals surface area contributed by atoms with Crippen LogP contribution >= 0.6 is 0 Å². The van der Waals surface area contributed by atoms with Gasteiger partial charge in [-0.1, -0.05) is 54.5 Å². The van der Waals surface area contributed by atoms with Crippen LogP contribution in [0, 0.1) is 5.92 Å². The minimum Gasteiger partial charge on any atom is -0.339 e. The predicted octanol–water partition coefficient (Wildman–Crippen LogP) is 3.03. The van der Waals surface area contributed by atoms with Gasteiger partial charge in [-0.3, -0.25) is 0 Å². The van der Waals surface area contributed by atoms with Gasteiger partial charge < -0.3 is 10.3 Å². The second-order valence-electron chi connectivity index (χ2n) is 5.08. The molecule has 20 heavy (non-hydrogen) atoms. The van der Waals surface area contributed by atoms with Crippen molar-refractivity contribution in [3.05, 3.63) is 48.4 Å². The zero-order chi connectivity index (χ0) is 13.9. The second-order valence-corrected chi connectivity index (χ2v) is 5.08. The largest absolute Gasteiger partial charge is 0.339 e. The molecule has 3 aromatic rings. The zero-order valence-electron chi connectivity index (χ0n) is 11.4. The Labute approximate surface area is 117 Å². The number of hydrogen-bond donors (Lipinski definition) is 1. The third kappa shape index (κ3) is 2.42. The van der Waals surface area contributed by atoms with Crippen molar-refractivity contribution in [1.82, 2.24) is 10.1 Å². The molecule has 1 unspecified atom stereocenters. The van der Waals surface area contributed by atoms with Crippen molar-refractivity contribution in [2.24, 2.45) is 11.7 Å². The van der Waals surface area contributed by atoms with Crippen LogP contribution < -0.4 is 5.73 Å². The van der Waals surface area contributed by atoms with Crippen molar-refractivity contribution >= 4 is 10.8 Å². The van der Waals surface area contributed by atoms with Crippen molar-refractivity contribution in [1.29, 1.82) is 0 Å². The maximum absolute atomic E-state index is 5.62. The number of hydrogen-bond acceptors (Lipinski definition) is 4. The molecule has 0 aliphatic carbocycles. The van der Waals surface area contributed by atoms with Gasteiger partial charge >= 0.3 is 0 Å². The third-order valence-corrected chi connectivity index (χ3v) is 3.42. The highest BCUT2D eigenvalue weighted by Crippen LogP contribution is 2.26. The van der Waals surface area contributed by atoms with E-state index in [4.69, 9.17) is 10.3 Å². The maximum atomic E-state index is 5.62. The summed E-state index contributed by atoms with van der Waals surface area (Å²) in [5.41, 5.74) is 6.62. The molecule has 0 spiro atoms. The van der Waals surface area contributed by atoms with Crippen LogP contribution in [0.3, 0.4) is 0 Å². The topological polar surface area (TPSA) is 64.9 Å². The van der Waals surface area contributed by atoms with Crippen LogP contribution in [-0.4, -0.2) is 16.7 Å². The van der Waals surface area contributed by atoms with Gasteiger partial charge in [-0.15, -0.1) is 0 Å². The molecule has 3 rings (SSSR count). The van der Waals surface area contributed by atoms with Crippen LogP contribution in [0.2, 0.25) is 0 Å². The quantitative estimate of drug-likeness (QED) is 0.789. The monoisotopic (exact) mass is 267 g/mol. The van der Waals surface area contributed by atoms with Crippen LogP contribution in [0.5, 0.6) is 0 Å². The Morgan fingerprint density at radius 1 is 1.15 bits per heavy atom. The van der Waals surface area contributed by atoms with E-state index in [1.165, 1.54) is 5.39 Å². The summed E-state index contributed by atoms with van der Waals surface area (Å²) in [6, 6.07) is 14.3. The fourth-order valence-corrected chi connectivity index (χ4v) is 2.25. The summed E-state index contributed by atoms with van der Waals surface area (Å²) in [5.74, 6) is 1.63. The maximum Gasteiger partial charge on any atom is 0.227 e. The van der Waals surface area contributed by atoms with Crippen molar-refractivity contribution in [3.63, 3.8) is 0 Å². The molecule has 0 saturated heterocycles. The fraction of sp³-hybridized carbons (Fsp3) is 0.250. The highest BCUT2D eigenvalue weighted by atomic mass is 16.5. The van der Waals surface area contributed by atoms with Gasteiger partial charge in [0, 0.05) is 12.0 Å². The van der Waals surface area contributed by atoms with Crippen LogP contribution in [0.1, 0.15) is 12.8 Å². The molecule has 0 amide bonds. The van der Waals surface area contributed by atoms with Crippen LogP contribution in [0.25, 0.3) is 22.2 Å². The number of aromatic nitrogens is 2. The third-order valence-electron chi connectivity index (χ3n) is 3.42. The average molecular weight is 267 g/mol. The summed E-state index contributed by atoms with van der Waals surface area (Å²) in [4.78, 5) is 4.49. The number of nitrogens with zero attached hydrogens (tertiary/aromatic N) is 2. The van der Waals surface area contributed by atoms with Gasteiger partial charge in [0.1, 0.15) is 0 Å². The number of fused-ring (bicyclic) bond motifs is 1. The summed E-state index contributed by atoms with van der Waals surface area (Å²) in [5, 5.41) is 6.40. The van der Waals surface area contributed by atoms with Gasteiger partial charge in [0.05, 0.1) is 0 Å². The molecule has 2 N–H and O–H groups in total. The molecule has 0 aliphatic heterocycles. The molecule has 0 radical (unpaired) electrons. The Bertz CT molecular complexity index is 715. The standard InChI is InChI=1S/C16H17N3O/c1-11(10-17)9-15-18-16(19-20-15)14-8-4-6-12-5-2-3-7-13(12)14/h2-8,11H,9-10,17H2,1H3. The smallest absolute Gasteiger partial charge is 0.227 e. The normalized spacial score (nSPS) is 12.7. The first-order valence-electron chi connectivity index (χ1n) is 6.78. The molecule has 0 fully saturated rings. The molecule has 102 valence electrons. The fourth-order valence-electron chi connectivity index (χ4n) is 2.25. The van der Waals surface area contributed by atoms with Crippen LogP contribution in [0.15, 0.2) is 47.0 Å². The van der Waals surface area contributed by atoms with E-state index < -0.39 is 0 Å².